The first kappa shape index (κ1) is 19.2. The number of rotatable bonds is 4. The van der Waals surface area contributed by atoms with E-state index in [0.717, 1.165) is 12.8 Å². The second-order valence-electron chi connectivity index (χ2n) is 7.60. The van der Waals surface area contributed by atoms with Gasteiger partial charge in [0.15, 0.2) is 0 Å². The van der Waals surface area contributed by atoms with Crippen molar-refractivity contribution in [2.45, 2.75) is 57.8 Å². The molecule has 7 nitrogen and oxygen atoms in total. The minimum Gasteiger partial charge on any atom is -0.459 e. The Labute approximate surface area is 157 Å². The number of thioether (sulfide) groups is 1. The van der Waals surface area contributed by atoms with Crippen LogP contribution in [-0.2, 0) is 14.3 Å². The van der Waals surface area contributed by atoms with Crippen LogP contribution in [0.2, 0.25) is 0 Å². The number of carbonyl (C=O) groups is 1. The number of hydrogen-bond donors (Lipinski definition) is 1. The fourth-order valence-electron chi connectivity index (χ4n) is 3.76. The highest BCUT2D eigenvalue weighted by molar-refractivity contribution is 8.00. The van der Waals surface area contributed by atoms with Crippen LogP contribution < -0.4 is 11.4 Å². The molecule has 1 saturated carbocycles. The molecule has 2 fully saturated rings. The van der Waals surface area contributed by atoms with Crippen LogP contribution in [0.25, 0.3) is 0 Å². The average molecular weight is 381 g/mol. The lowest BCUT2D eigenvalue weighted by Gasteiger charge is -2.37. The van der Waals surface area contributed by atoms with Gasteiger partial charge in [-0.05, 0) is 36.7 Å². The minimum absolute atomic E-state index is 0.0598. The third kappa shape index (κ3) is 4.23. The molecule has 1 saturated heterocycles. The maximum Gasteiger partial charge on any atom is 0.351 e. The summed E-state index contributed by atoms with van der Waals surface area (Å²) in [5.74, 6) is 1.73. The normalized spacial score (nSPS) is 31.9. The quantitative estimate of drug-likeness (QED) is 0.800. The van der Waals surface area contributed by atoms with E-state index in [2.05, 4.69) is 25.8 Å². The molecular weight excluding hydrogens is 354 g/mol. The predicted molar refractivity (Wildman–Crippen MR) is 101 cm³/mol. The standard InChI is InChI=1S/C18H27N3O4S/c1-10(2)12-5-4-11(3)8-13(12)24-16(22)17-25-15(9-26-17)21-7-6-14(19)20-18(21)23/h6-7,10-13,15,17H,4-5,8-9H2,1-3H3,(H2,19,20,23)/t11-,12-,13+,15+,17-/m0/s1. The molecule has 0 spiro atoms. The number of aromatic nitrogens is 2. The summed E-state index contributed by atoms with van der Waals surface area (Å²) >= 11 is 1.35. The summed E-state index contributed by atoms with van der Waals surface area (Å²) in [6, 6.07) is 1.54. The molecule has 2 N–H and O–H groups in total. The maximum absolute atomic E-state index is 12.6. The van der Waals surface area contributed by atoms with E-state index in [9.17, 15) is 9.59 Å². The van der Waals surface area contributed by atoms with Gasteiger partial charge in [0.25, 0.3) is 0 Å². The number of anilines is 1. The molecule has 1 aromatic heterocycles. The van der Waals surface area contributed by atoms with Crippen molar-refractivity contribution < 1.29 is 14.3 Å². The molecule has 8 heteroatoms. The molecule has 0 unspecified atom stereocenters. The van der Waals surface area contributed by atoms with Gasteiger partial charge in [-0.15, -0.1) is 11.8 Å². The van der Waals surface area contributed by atoms with Crippen LogP contribution in [0.15, 0.2) is 17.1 Å². The number of nitrogens with two attached hydrogens (primary N) is 1. The molecule has 1 aliphatic carbocycles. The van der Waals surface area contributed by atoms with E-state index in [1.165, 1.54) is 28.8 Å². The van der Waals surface area contributed by atoms with Crippen LogP contribution in [0.5, 0.6) is 0 Å². The molecule has 1 aliphatic heterocycles. The molecule has 2 heterocycles. The van der Waals surface area contributed by atoms with Gasteiger partial charge in [0.05, 0.1) is 0 Å². The first-order valence-electron chi connectivity index (χ1n) is 9.17. The summed E-state index contributed by atoms with van der Waals surface area (Å²) in [7, 11) is 0. The third-order valence-corrected chi connectivity index (χ3v) is 6.34. The number of ether oxygens (including phenoxy) is 2. The summed E-state index contributed by atoms with van der Waals surface area (Å²) < 4.78 is 13.0. The molecule has 0 aromatic carbocycles. The van der Waals surface area contributed by atoms with Gasteiger partial charge in [0.2, 0.25) is 5.44 Å². The molecule has 3 rings (SSSR count). The number of carbonyl (C=O) groups excluding carboxylic acids is 1. The third-order valence-electron chi connectivity index (χ3n) is 5.25. The minimum atomic E-state index is -0.713. The number of nitrogen functional groups attached to an aromatic ring is 1. The first-order valence-corrected chi connectivity index (χ1v) is 10.2. The average Bonchev–Trinajstić information content (AvgIpc) is 3.04. The van der Waals surface area contributed by atoms with E-state index in [0.29, 0.717) is 23.5 Å². The Kier molecular flexibility index (Phi) is 5.92. The Bertz CT molecular complexity index is 708. The zero-order valence-electron chi connectivity index (χ0n) is 15.5. The highest BCUT2D eigenvalue weighted by Crippen LogP contribution is 2.37. The lowest BCUT2D eigenvalue weighted by molar-refractivity contribution is -0.166. The van der Waals surface area contributed by atoms with Crippen molar-refractivity contribution in [1.82, 2.24) is 9.55 Å². The zero-order chi connectivity index (χ0) is 18.8. The van der Waals surface area contributed by atoms with Gasteiger partial charge in [-0.25, -0.2) is 9.59 Å². The van der Waals surface area contributed by atoms with Crippen molar-refractivity contribution >= 4 is 23.5 Å². The number of hydrogen-bond acceptors (Lipinski definition) is 7. The Morgan fingerprint density at radius 1 is 1.46 bits per heavy atom. The summed E-state index contributed by atoms with van der Waals surface area (Å²) in [5.41, 5.74) is 4.32. The first-order chi connectivity index (χ1) is 12.3. The molecule has 5 atom stereocenters. The van der Waals surface area contributed by atoms with Gasteiger partial charge in [-0.1, -0.05) is 27.2 Å². The van der Waals surface area contributed by atoms with Gasteiger partial charge < -0.3 is 15.2 Å². The van der Waals surface area contributed by atoms with E-state index >= 15 is 0 Å². The van der Waals surface area contributed by atoms with Crippen LogP contribution in [0.4, 0.5) is 5.82 Å². The van der Waals surface area contributed by atoms with E-state index in [4.69, 9.17) is 15.2 Å². The molecular formula is C18H27N3O4S. The highest BCUT2D eigenvalue weighted by atomic mass is 32.2. The second kappa shape index (κ2) is 8.00. The monoisotopic (exact) mass is 381 g/mol. The van der Waals surface area contributed by atoms with E-state index in [-0.39, 0.29) is 17.9 Å². The van der Waals surface area contributed by atoms with Gasteiger partial charge in [0, 0.05) is 11.9 Å². The van der Waals surface area contributed by atoms with Crippen molar-refractivity contribution in [2.75, 3.05) is 11.5 Å². The Morgan fingerprint density at radius 3 is 2.92 bits per heavy atom. The van der Waals surface area contributed by atoms with Crippen LogP contribution >= 0.6 is 11.8 Å². The topological polar surface area (TPSA) is 96.4 Å². The van der Waals surface area contributed by atoms with Gasteiger partial charge >= 0.3 is 11.7 Å². The lowest BCUT2D eigenvalue weighted by atomic mass is 9.75. The van der Waals surface area contributed by atoms with Crippen molar-refractivity contribution in [3.05, 3.63) is 22.7 Å². The summed E-state index contributed by atoms with van der Waals surface area (Å²) in [6.07, 6.45) is 4.11. The smallest absolute Gasteiger partial charge is 0.351 e. The Balaban J connectivity index is 1.63. The molecule has 2 aliphatic rings. The summed E-state index contributed by atoms with van der Waals surface area (Å²) in [6.45, 7) is 6.56. The fraction of sp³-hybridized carbons (Fsp3) is 0.722. The van der Waals surface area contributed by atoms with Gasteiger partial charge in [0.1, 0.15) is 18.1 Å². The van der Waals surface area contributed by atoms with Crippen molar-refractivity contribution in [3.8, 4) is 0 Å². The van der Waals surface area contributed by atoms with E-state index < -0.39 is 17.4 Å². The van der Waals surface area contributed by atoms with E-state index in [1.807, 2.05) is 0 Å². The lowest BCUT2D eigenvalue weighted by Crippen LogP contribution is -2.38. The van der Waals surface area contributed by atoms with Crippen LogP contribution in [0, 0.1) is 17.8 Å². The molecule has 1 aromatic rings. The highest BCUT2D eigenvalue weighted by Gasteiger charge is 2.38. The molecule has 144 valence electrons. The molecule has 0 radical (unpaired) electrons. The fourth-order valence-corrected chi connectivity index (χ4v) is 4.74. The van der Waals surface area contributed by atoms with E-state index in [1.54, 1.807) is 6.20 Å². The Morgan fingerprint density at radius 2 is 2.23 bits per heavy atom. The van der Waals surface area contributed by atoms with Crippen molar-refractivity contribution in [3.63, 3.8) is 0 Å². The van der Waals surface area contributed by atoms with Crippen molar-refractivity contribution in [1.29, 1.82) is 0 Å². The molecule has 0 amide bonds. The molecule has 0 bridgehead atoms. The Hall–Kier alpha value is -1.54. The number of esters is 1. The van der Waals surface area contributed by atoms with Crippen LogP contribution in [0.1, 0.15) is 46.3 Å². The largest absolute Gasteiger partial charge is 0.459 e. The summed E-state index contributed by atoms with van der Waals surface area (Å²) in [4.78, 5) is 28.3. The number of nitrogens with zero attached hydrogens (tertiary/aromatic N) is 2. The maximum atomic E-state index is 12.6. The van der Waals surface area contributed by atoms with Crippen molar-refractivity contribution in [2.24, 2.45) is 17.8 Å². The van der Waals surface area contributed by atoms with Crippen LogP contribution in [0.3, 0.4) is 0 Å². The van der Waals surface area contributed by atoms with Gasteiger partial charge in [-0.3, -0.25) is 4.57 Å². The van der Waals surface area contributed by atoms with Crippen LogP contribution in [-0.4, -0.2) is 32.8 Å². The zero-order valence-corrected chi connectivity index (χ0v) is 16.3. The summed E-state index contributed by atoms with van der Waals surface area (Å²) in [5, 5.41) is 0. The molecule has 26 heavy (non-hydrogen) atoms. The van der Waals surface area contributed by atoms with Gasteiger partial charge in [-0.2, -0.15) is 4.98 Å². The second-order valence-corrected chi connectivity index (χ2v) is 8.69. The predicted octanol–water partition coefficient (Wildman–Crippen LogP) is 2.42. The SMILES string of the molecule is CC(C)[C@@H]1CC[C@H](C)C[C@H]1OC(=O)[C@H]1O[C@@H](n2ccc(N)nc2=O)CS1.